The summed E-state index contributed by atoms with van der Waals surface area (Å²) in [5, 5.41) is 3.52. The number of rotatable bonds is 12. The van der Waals surface area contributed by atoms with Crippen LogP contribution >= 0.6 is 0 Å². The lowest BCUT2D eigenvalue weighted by Gasteiger charge is -2.61. The molecular formula is C42H45N7O8. The van der Waals surface area contributed by atoms with Gasteiger partial charge >= 0.3 is 0 Å². The molecule has 296 valence electrons. The normalized spacial score (nSPS) is 18.7. The van der Waals surface area contributed by atoms with Crippen molar-refractivity contribution in [2.24, 2.45) is 12.5 Å². The molecule has 4 aromatic rings. The Kier molecular flexibility index (Phi) is 9.80. The van der Waals surface area contributed by atoms with Crippen molar-refractivity contribution in [1.29, 1.82) is 0 Å². The second-order valence-corrected chi connectivity index (χ2v) is 15.7. The van der Waals surface area contributed by atoms with E-state index in [1.807, 2.05) is 24.3 Å². The number of pyridine rings is 2. The molecule has 15 heteroatoms. The molecule has 0 aliphatic carbocycles. The molecule has 8 rings (SSSR count). The fraction of sp³-hybridized carbons (Fsp3) is 0.405. The Balaban J connectivity index is 0.807. The van der Waals surface area contributed by atoms with Crippen LogP contribution in [0.2, 0.25) is 0 Å². The van der Waals surface area contributed by atoms with Crippen LogP contribution in [0, 0.1) is 5.41 Å². The molecule has 5 amide bonds. The second-order valence-electron chi connectivity index (χ2n) is 15.7. The van der Waals surface area contributed by atoms with E-state index in [4.69, 9.17) is 9.47 Å². The number of likely N-dealkylation sites (tertiary alicyclic amines) is 1. The van der Waals surface area contributed by atoms with E-state index in [0.29, 0.717) is 35.4 Å². The fourth-order valence-electron chi connectivity index (χ4n) is 8.83. The maximum atomic E-state index is 13.3. The predicted octanol–water partition coefficient (Wildman–Crippen LogP) is 2.97. The average Bonchev–Trinajstić information content (AvgIpc) is 3.42. The monoisotopic (exact) mass is 775 g/mol. The number of unbranched alkanes of at least 4 members (excludes halogenated alkanes) is 1. The number of nitrogens with one attached hydrogen (secondary N) is 1. The van der Waals surface area contributed by atoms with Gasteiger partial charge in [-0.15, -0.1) is 0 Å². The summed E-state index contributed by atoms with van der Waals surface area (Å²) in [5.74, 6) is -0.827. The first kappa shape index (κ1) is 37.8. The van der Waals surface area contributed by atoms with Crippen LogP contribution in [0.1, 0.15) is 58.4 Å². The summed E-state index contributed by atoms with van der Waals surface area (Å²) in [5.41, 5.74) is 3.90. The highest BCUT2D eigenvalue weighted by Crippen LogP contribution is 2.43. The number of amides is 5. The van der Waals surface area contributed by atoms with E-state index in [9.17, 15) is 28.8 Å². The molecular weight excluding hydrogens is 731 g/mol. The quantitative estimate of drug-likeness (QED) is 0.166. The third-order valence-corrected chi connectivity index (χ3v) is 11.8. The summed E-state index contributed by atoms with van der Waals surface area (Å²) in [6.07, 6.45) is 7.32. The lowest BCUT2D eigenvalue weighted by atomic mass is 9.72. The van der Waals surface area contributed by atoms with Crippen molar-refractivity contribution < 1.29 is 33.4 Å². The molecule has 57 heavy (non-hydrogen) atoms. The Morgan fingerprint density at radius 3 is 2.33 bits per heavy atom. The summed E-state index contributed by atoms with van der Waals surface area (Å²) < 4.78 is 13.1. The Hall–Kier alpha value is -6.09. The summed E-state index contributed by atoms with van der Waals surface area (Å²) >= 11 is 0. The van der Waals surface area contributed by atoms with Gasteiger partial charge in [0, 0.05) is 88.4 Å². The van der Waals surface area contributed by atoms with Crippen LogP contribution < -0.4 is 25.2 Å². The molecule has 15 nitrogen and oxygen atoms in total. The van der Waals surface area contributed by atoms with Gasteiger partial charge in [-0.1, -0.05) is 0 Å². The zero-order valence-electron chi connectivity index (χ0n) is 32.5. The Morgan fingerprint density at radius 1 is 0.912 bits per heavy atom. The molecule has 0 saturated carbocycles. The number of carbonyl (C=O) groups is 5. The number of ether oxygens (including phenoxy) is 2. The lowest BCUT2D eigenvalue weighted by molar-refractivity contribution is -0.136. The third kappa shape index (κ3) is 6.79. The van der Waals surface area contributed by atoms with Gasteiger partial charge in [0.1, 0.15) is 17.5 Å². The molecule has 1 atom stereocenters. The van der Waals surface area contributed by atoms with Crippen LogP contribution in [0.5, 0.6) is 11.5 Å². The summed E-state index contributed by atoms with van der Waals surface area (Å²) in [6.45, 7) is 4.83. The van der Waals surface area contributed by atoms with Crippen LogP contribution in [0.3, 0.4) is 0 Å². The largest absolute Gasteiger partial charge is 0.496 e. The smallest absolute Gasteiger partial charge is 0.262 e. The number of fused-ring (bicyclic) bond motifs is 2. The Bertz CT molecular complexity index is 2370. The highest BCUT2D eigenvalue weighted by molar-refractivity contribution is 6.23. The van der Waals surface area contributed by atoms with E-state index in [2.05, 4.69) is 20.1 Å². The molecule has 6 heterocycles. The Morgan fingerprint density at radius 2 is 1.63 bits per heavy atom. The summed E-state index contributed by atoms with van der Waals surface area (Å²) in [6, 6.07) is 9.91. The van der Waals surface area contributed by atoms with Gasteiger partial charge in [-0.05, 0) is 73.2 Å². The topological polar surface area (TPSA) is 164 Å². The highest BCUT2D eigenvalue weighted by atomic mass is 16.5. The highest BCUT2D eigenvalue weighted by Gasteiger charge is 2.52. The third-order valence-electron chi connectivity index (χ3n) is 11.8. The standard InChI is InChI=1S/C42H45N7O8/c1-45(20-32-34(56-3)15-25(16-35(32)57-4)31-19-46(2)39(53)30-18-43-13-12-27(30)31)37(51)7-5-6-14-47-21-42(22-47)23-48(24-42)26-8-9-28-29(17-26)41(55)49(40(28)54)33-10-11-36(50)44-38(33)52/h8-9,12-13,15-19,33H,5-7,10-11,14,20-24H2,1-4H3,(H,44,50,52). The number of anilines is 1. The zero-order chi connectivity index (χ0) is 40.2. The minimum Gasteiger partial charge on any atom is -0.496 e. The number of hydrogen-bond acceptors (Lipinski definition) is 11. The van der Waals surface area contributed by atoms with E-state index < -0.39 is 29.7 Å². The predicted molar refractivity (Wildman–Crippen MR) is 210 cm³/mol. The van der Waals surface area contributed by atoms with Crippen molar-refractivity contribution in [2.75, 3.05) is 58.9 Å². The minimum atomic E-state index is -0.982. The average molecular weight is 776 g/mol. The van der Waals surface area contributed by atoms with Crippen LogP contribution in [0.4, 0.5) is 5.69 Å². The first-order chi connectivity index (χ1) is 27.4. The maximum absolute atomic E-state index is 13.3. The summed E-state index contributed by atoms with van der Waals surface area (Å²) in [7, 11) is 6.67. The van der Waals surface area contributed by atoms with E-state index >= 15 is 0 Å². The molecule has 1 spiro atoms. The molecule has 0 radical (unpaired) electrons. The molecule has 2 aromatic carbocycles. The first-order valence-electron chi connectivity index (χ1n) is 19.2. The number of aryl methyl sites for hydroxylation is 1. The number of piperidine rings is 1. The molecule has 1 unspecified atom stereocenters. The van der Waals surface area contributed by atoms with Crippen molar-refractivity contribution in [3.63, 3.8) is 0 Å². The minimum absolute atomic E-state index is 0.0317. The van der Waals surface area contributed by atoms with Gasteiger partial charge in [0.25, 0.3) is 17.4 Å². The van der Waals surface area contributed by atoms with Crippen molar-refractivity contribution in [2.45, 2.75) is 44.7 Å². The number of benzene rings is 2. The van der Waals surface area contributed by atoms with E-state index in [0.717, 1.165) is 78.2 Å². The van der Waals surface area contributed by atoms with E-state index in [-0.39, 0.29) is 35.3 Å². The lowest BCUT2D eigenvalue weighted by Crippen LogP contribution is -2.72. The molecule has 3 fully saturated rings. The van der Waals surface area contributed by atoms with Crippen LogP contribution in [0.15, 0.2) is 59.8 Å². The van der Waals surface area contributed by atoms with E-state index in [1.54, 1.807) is 63.9 Å². The zero-order valence-corrected chi connectivity index (χ0v) is 32.5. The van der Waals surface area contributed by atoms with Gasteiger partial charge < -0.3 is 28.7 Å². The Labute approximate surface area is 329 Å². The molecule has 4 aliphatic rings. The van der Waals surface area contributed by atoms with Gasteiger partial charge in [-0.2, -0.15) is 0 Å². The van der Waals surface area contributed by atoms with Gasteiger partial charge in [-0.25, -0.2) is 0 Å². The van der Waals surface area contributed by atoms with Crippen LogP contribution in [0.25, 0.3) is 21.9 Å². The number of aromatic nitrogens is 2. The van der Waals surface area contributed by atoms with Gasteiger partial charge in [0.2, 0.25) is 17.7 Å². The van der Waals surface area contributed by atoms with Crippen LogP contribution in [-0.2, 0) is 28.0 Å². The second kappa shape index (κ2) is 14.8. The molecule has 3 saturated heterocycles. The fourth-order valence-corrected chi connectivity index (χ4v) is 8.83. The van der Waals surface area contributed by atoms with Crippen molar-refractivity contribution in [3.05, 3.63) is 82.0 Å². The van der Waals surface area contributed by atoms with Gasteiger partial charge in [-0.3, -0.25) is 44.0 Å². The van der Waals surface area contributed by atoms with Crippen molar-refractivity contribution >= 4 is 46.0 Å². The number of nitrogens with zero attached hydrogens (tertiary/aromatic N) is 6. The molecule has 2 aromatic heterocycles. The number of carbonyl (C=O) groups excluding carboxylic acids is 5. The SMILES string of the molecule is COc1cc(-c2cn(C)c(=O)c3cnccc23)cc(OC)c1CN(C)C(=O)CCCCN1CC2(C1)CN(c1ccc3c(c1)C(=O)N(C1CCC(=O)NC1=O)C3=O)C2. The number of methoxy groups -OCH3 is 2. The number of hydrogen-bond donors (Lipinski definition) is 1. The van der Waals surface area contributed by atoms with Gasteiger partial charge in [0.15, 0.2) is 0 Å². The van der Waals surface area contributed by atoms with Crippen molar-refractivity contribution in [3.8, 4) is 22.6 Å². The molecule has 1 N–H and O–H groups in total. The summed E-state index contributed by atoms with van der Waals surface area (Å²) in [4.78, 5) is 87.8. The first-order valence-corrected chi connectivity index (χ1v) is 19.2. The van der Waals surface area contributed by atoms with Crippen LogP contribution in [-0.4, -0.2) is 114 Å². The molecule has 0 bridgehead atoms. The maximum Gasteiger partial charge on any atom is 0.262 e. The van der Waals surface area contributed by atoms with Crippen molar-refractivity contribution in [1.82, 2.24) is 29.6 Å². The molecule has 4 aliphatic heterocycles. The van der Waals surface area contributed by atoms with E-state index in [1.165, 1.54) is 4.57 Å². The van der Waals surface area contributed by atoms with Gasteiger partial charge in [0.05, 0.1) is 42.8 Å². The number of imide groups is 2.